The van der Waals surface area contributed by atoms with Crippen LogP contribution < -0.4 is 5.32 Å². The number of anilines is 1. The van der Waals surface area contributed by atoms with Crippen molar-refractivity contribution in [3.63, 3.8) is 0 Å². The lowest BCUT2D eigenvalue weighted by atomic mass is 10.1. The molecule has 0 spiro atoms. The number of hydrogen-bond acceptors (Lipinski definition) is 4. The van der Waals surface area contributed by atoms with Gasteiger partial charge in [-0.3, -0.25) is 9.20 Å². The number of aryl methyl sites for hydroxylation is 2. The Morgan fingerprint density at radius 3 is 2.67 bits per heavy atom. The lowest BCUT2D eigenvalue weighted by Crippen LogP contribution is -2.18. The molecule has 0 amide bonds. The van der Waals surface area contributed by atoms with Crippen LogP contribution in [0.5, 0.6) is 0 Å². The number of imidazole rings is 1. The van der Waals surface area contributed by atoms with Gasteiger partial charge in [0, 0.05) is 11.3 Å². The van der Waals surface area contributed by atoms with Gasteiger partial charge in [0.25, 0.3) is 0 Å². The van der Waals surface area contributed by atoms with E-state index in [1.807, 2.05) is 47.7 Å². The number of carbonyl (C=O) groups is 1. The summed E-state index contributed by atoms with van der Waals surface area (Å²) in [5.41, 5.74) is 4.91. The molecule has 5 nitrogen and oxygen atoms in total. The highest BCUT2D eigenvalue weighted by Crippen LogP contribution is 2.30. The van der Waals surface area contributed by atoms with Crippen molar-refractivity contribution >= 4 is 17.4 Å². The molecule has 0 saturated heterocycles. The van der Waals surface area contributed by atoms with Crippen molar-refractivity contribution < 1.29 is 9.53 Å². The number of nitrogens with zero attached hydrogens (tertiary/aromatic N) is 2. The number of hydrogen-bond donors (Lipinski definition) is 1. The zero-order valence-corrected chi connectivity index (χ0v) is 14.2. The van der Waals surface area contributed by atoms with E-state index in [4.69, 9.17) is 9.72 Å². The molecule has 124 valence electrons. The van der Waals surface area contributed by atoms with Gasteiger partial charge in [-0.15, -0.1) is 0 Å². The van der Waals surface area contributed by atoms with Gasteiger partial charge in [0.1, 0.15) is 23.7 Å². The van der Waals surface area contributed by atoms with Crippen molar-refractivity contribution in [2.24, 2.45) is 0 Å². The summed E-state index contributed by atoms with van der Waals surface area (Å²) in [7, 11) is 0. The third-order valence-corrected chi connectivity index (χ3v) is 3.80. The van der Waals surface area contributed by atoms with Gasteiger partial charge in [0.2, 0.25) is 0 Å². The van der Waals surface area contributed by atoms with E-state index in [0.717, 1.165) is 34.0 Å². The first-order valence-corrected chi connectivity index (χ1v) is 8.04. The average molecular weight is 323 g/mol. The van der Waals surface area contributed by atoms with Gasteiger partial charge in [-0.05, 0) is 38.5 Å². The van der Waals surface area contributed by atoms with Gasteiger partial charge < -0.3 is 10.1 Å². The Bertz CT molecular complexity index is 869. The van der Waals surface area contributed by atoms with E-state index in [0.29, 0.717) is 6.61 Å². The second-order valence-electron chi connectivity index (χ2n) is 5.70. The number of nitrogens with one attached hydrogen (secondary N) is 1. The quantitative estimate of drug-likeness (QED) is 0.729. The van der Waals surface area contributed by atoms with Crippen molar-refractivity contribution in [1.82, 2.24) is 9.38 Å². The van der Waals surface area contributed by atoms with Crippen molar-refractivity contribution in [2.45, 2.75) is 20.8 Å². The Labute approximate surface area is 141 Å². The largest absolute Gasteiger partial charge is 0.465 e. The maximum Gasteiger partial charge on any atom is 0.325 e. The molecule has 0 aliphatic rings. The molecule has 3 aromatic rings. The molecule has 0 fully saturated rings. The van der Waals surface area contributed by atoms with Gasteiger partial charge in [-0.1, -0.05) is 30.3 Å². The van der Waals surface area contributed by atoms with Crippen LogP contribution in [0.2, 0.25) is 0 Å². The van der Waals surface area contributed by atoms with Gasteiger partial charge in [0.15, 0.2) is 0 Å². The molecule has 5 heteroatoms. The fourth-order valence-corrected chi connectivity index (χ4v) is 2.86. The number of benzene rings is 1. The first kappa shape index (κ1) is 16.1. The Hall–Kier alpha value is -2.82. The first-order valence-electron chi connectivity index (χ1n) is 8.04. The van der Waals surface area contributed by atoms with E-state index >= 15 is 0 Å². The second-order valence-corrected chi connectivity index (χ2v) is 5.70. The normalized spacial score (nSPS) is 10.8. The van der Waals surface area contributed by atoms with Gasteiger partial charge in [-0.25, -0.2) is 4.98 Å². The molecule has 1 aromatic carbocycles. The van der Waals surface area contributed by atoms with Gasteiger partial charge in [0.05, 0.1) is 6.61 Å². The molecule has 0 aliphatic carbocycles. The summed E-state index contributed by atoms with van der Waals surface area (Å²) in [6.45, 7) is 6.36. The van der Waals surface area contributed by atoms with Crippen molar-refractivity contribution in [3.05, 3.63) is 53.7 Å². The minimum atomic E-state index is -0.281. The Kier molecular flexibility index (Phi) is 4.51. The van der Waals surface area contributed by atoms with E-state index in [-0.39, 0.29) is 12.5 Å². The maximum absolute atomic E-state index is 11.7. The number of ether oxygens (including phenoxy) is 1. The highest BCUT2D eigenvalue weighted by molar-refractivity contribution is 5.81. The fourth-order valence-electron chi connectivity index (χ4n) is 2.86. The van der Waals surface area contributed by atoms with Gasteiger partial charge >= 0.3 is 5.97 Å². The predicted molar refractivity (Wildman–Crippen MR) is 95.2 cm³/mol. The lowest BCUT2D eigenvalue weighted by molar-refractivity contribution is -0.140. The molecule has 2 aromatic heterocycles. The molecule has 0 aliphatic heterocycles. The SMILES string of the molecule is CCOC(=O)CNc1c(-c2ccccc2)nc2cc(C)cc(C)n12. The van der Waals surface area contributed by atoms with Crippen LogP contribution in [0.15, 0.2) is 42.5 Å². The monoisotopic (exact) mass is 323 g/mol. The fraction of sp³-hybridized carbons (Fsp3) is 0.263. The third kappa shape index (κ3) is 3.11. The first-order chi connectivity index (χ1) is 11.6. The number of carbonyl (C=O) groups excluding carboxylic acids is 1. The highest BCUT2D eigenvalue weighted by Gasteiger charge is 2.16. The van der Waals surface area contributed by atoms with Crippen LogP contribution in [-0.2, 0) is 9.53 Å². The Morgan fingerprint density at radius 2 is 1.96 bits per heavy atom. The summed E-state index contributed by atoms with van der Waals surface area (Å²) in [6.07, 6.45) is 0. The Morgan fingerprint density at radius 1 is 1.21 bits per heavy atom. The van der Waals surface area contributed by atoms with Crippen LogP contribution >= 0.6 is 0 Å². The molecule has 24 heavy (non-hydrogen) atoms. The summed E-state index contributed by atoms with van der Waals surface area (Å²) >= 11 is 0. The summed E-state index contributed by atoms with van der Waals surface area (Å²) in [6, 6.07) is 14.1. The molecule has 2 heterocycles. The molecule has 3 rings (SSSR count). The van der Waals surface area contributed by atoms with Gasteiger partial charge in [-0.2, -0.15) is 0 Å². The highest BCUT2D eigenvalue weighted by atomic mass is 16.5. The molecule has 0 atom stereocenters. The van der Waals surface area contributed by atoms with E-state index in [1.165, 1.54) is 0 Å². The Balaban J connectivity index is 2.10. The van der Waals surface area contributed by atoms with Crippen LogP contribution in [0, 0.1) is 13.8 Å². The van der Waals surface area contributed by atoms with Crippen molar-refractivity contribution in [1.29, 1.82) is 0 Å². The lowest BCUT2D eigenvalue weighted by Gasteiger charge is -2.10. The number of esters is 1. The van der Waals surface area contributed by atoms with E-state index < -0.39 is 0 Å². The minimum absolute atomic E-state index is 0.106. The molecule has 1 N–H and O–H groups in total. The summed E-state index contributed by atoms with van der Waals surface area (Å²) < 4.78 is 7.05. The zero-order valence-electron chi connectivity index (χ0n) is 14.2. The topological polar surface area (TPSA) is 55.6 Å². The van der Waals surface area contributed by atoms with Crippen LogP contribution in [0.1, 0.15) is 18.2 Å². The predicted octanol–water partition coefficient (Wildman–Crippen LogP) is 3.59. The second kappa shape index (κ2) is 6.74. The average Bonchev–Trinajstić information content (AvgIpc) is 2.92. The summed E-state index contributed by atoms with van der Waals surface area (Å²) in [4.78, 5) is 16.5. The van der Waals surface area contributed by atoms with Crippen LogP contribution in [0.4, 0.5) is 5.82 Å². The number of rotatable bonds is 5. The standard InChI is InChI=1S/C19H21N3O2/c1-4-24-17(23)12-20-19-18(15-8-6-5-7-9-15)21-16-11-13(2)10-14(3)22(16)19/h5-11,20H,4,12H2,1-3H3. The number of aromatic nitrogens is 2. The smallest absolute Gasteiger partial charge is 0.325 e. The zero-order chi connectivity index (χ0) is 17.1. The van der Waals surface area contributed by atoms with Crippen molar-refractivity contribution in [2.75, 3.05) is 18.5 Å². The van der Waals surface area contributed by atoms with E-state index in [9.17, 15) is 4.79 Å². The molecular formula is C19H21N3O2. The number of fused-ring (bicyclic) bond motifs is 1. The molecule has 0 saturated carbocycles. The molecule has 0 radical (unpaired) electrons. The van der Waals surface area contributed by atoms with Crippen LogP contribution in [0.25, 0.3) is 16.9 Å². The van der Waals surface area contributed by atoms with Crippen LogP contribution in [-0.4, -0.2) is 28.5 Å². The van der Waals surface area contributed by atoms with E-state index in [2.05, 4.69) is 18.3 Å². The number of pyridine rings is 1. The third-order valence-electron chi connectivity index (χ3n) is 3.80. The maximum atomic E-state index is 11.7. The molecule has 0 bridgehead atoms. The van der Waals surface area contributed by atoms with Crippen LogP contribution in [0.3, 0.4) is 0 Å². The molecular weight excluding hydrogens is 302 g/mol. The molecule has 0 unspecified atom stereocenters. The minimum Gasteiger partial charge on any atom is -0.465 e. The summed E-state index contributed by atoms with van der Waals surface area (Å²) in [5, 5.41) is 3.21. The summed E-state index contributed by atoms with van der Waals surface area (Å²) in [5.74, 6) is 0.526. The van der Waals surface area contributed by atoms with Crippen molar-refractivity contribution in [3.8, 4) is 11.3 Å². The van der Waals surface area contributed by atoms with E-state index in [1.54, 1.807) is 6.92 Å².